The van der Waals surface area contributed by atoms with Crippen molar-refractivity contribution in [2.45, 2.75) is 50.1 Å². The number of hydrogen-bond acceptors (Lipinski definition) is 5. The average molecular weight is 514 g/mol. The molecule has 3 heterocycles. The zero-order chi connectivity index (χ0) is 25.0. The Labute approximate surface area is 209 Å². The van der Waals surface area contributed by atoms with Crippen LogP contribution in [0, 0.1) is 23.5 Å². The molecule has 6 rings (SSSR count). The van der Waals surface area contributed by atoms with Gasteiger partial charge in [0, 0.05) is 55.2 Å². The number of sulfonamides is 1. The first-order valence-corrected chi connectivity index (χ1v) is 14.0. The second-order valence-electron chi connectivity index (χ2n) is 10.2. The molecule has 3 aromatic rings. The smallest absolute Gasteiger partial charge is 0.221 e. The summed E-state index contributed by atoms with van der Waals surface area (Å²) in [6, 6.07) is 11.6. The second-order valence-corrected chi connectivity index (χ2v) is 12.2. The van der Waals surface area contributed by atoms with E-state index in [0.717, 1.165) is 5.56 Å². The predicted molar refractivity (Wildman–Crippen MR) is 132 cm³/mol. The first kappa shape index (κ1) is 23.5. The van der Waals surface area contributed by atoms with Crippen LogP contribution in [0.15, 0.2) is 55.1 Å². The standard InChI is InChI=1S/C26H29F2N5O2S/c1-2-19-8-9-25(17-6-4-3-5-7-17)36(34,35)33(19)12-18-10-23(28)24(11-22(18)27)31-13-20-21(14-31)26(20)32-15-29-30-16-32/h3-7,10-11,15-16,19-21,25-26H,2,8-9,12-14H2,1H3/t19-,20-,21+,25+,26?/m0/s1. The van der Waals surface area contributed by atoms with E-state index in [1.165, 1.54) is 16.4 Å². The summed E-state index contributed by atoms with van der Waals surface area (Å²) in [5.74, 6) is -0.367. The van der Waals surface area contributed by atoms with Crippen LogP contribution in [0.25, 0.3) is 0 Å². The maximum Gasteiger partial charge on any atom is 0.221 e. The first-order chi connectivity index (χ1) is 17.4. The van der Waals surface area contributed by atoms with Crippen molar-refractivity contribution in [2.24, 2.45) is 11.8 Å². The monoisotopic (exact) mass is 513 g/mol. The number of piperidine rings is 1. The molecule has 5 atom stereocenters. The molecule has 2 aliphatic heterocycles. The maximum absolute atomic E-state index is 15.3. The van der Waals surface area contributed by atoms with Gasteiger partial charge in [-0.05, 0) is 30.9 Å². The van der Waals surface area contributed by atoms with Crippen molar-refractivity contribution in [3.63, 3.8) is 0 Å². The number of rotatable bonds is 6. The fourth-order valence-corrected chi connectivity index (χ4v) is 8.50. The molecule has 1 unspecified atom stereocenters. The molecule has 0 amide bonds. The van der Waals surface area contributed by atoms with E-state index in [9.17, 15) is 8.42 Å². The van der Waals surface area contributed by atoms with Gasteiger partial charge < -0.3 is 9.47 Å². The number of halogens is 2. The summed E-state index contributed by atoms with van der Waals surface area (Å²) in [6.45, 7) is 3.04. The van der Waals surface area contributed by atoms with Gasteiger partial charge in [-0.1, -0.05) is 37.3 Å². The van der Waals surface area contributed by atoms with E-state index in [1.54, 1.807) is 12.7 Å². The lowest BCUT2D eigenvalue weighted by atomic mass is 10.0. The van der Waals surface area contributed by atoms with Crippen molar-refractivity contribution >= 4 is 15.7 Å². The van der Waals surface area contributed by atoms with Crippen molar-refractivity contribution in [1.29, 1.82) is 0 Å². The highest BCUT2D eigenvalue weighted by molar-refractivity contribution is 7.89. The van der Waals surface area contributed by atoms with E-state index in [2.05, 4.69) is 10.2 Å². The molecule has 36 heavy (non-hydrogen) atoms. The first-order valence-electron chi connectivity index (χ1n) is 12.5. The number of anilines is 1. The van der Waals surface area contributed by atoms with Crippen LogP contribution in [-0.4, -0.2) is 46.6 Å². The van der Waals surface area contributed by atoms with Crippen LogP contribution in [0.4, 0.5) is 14.5 Å². The van der Waals surface area contributed by atoms with E-state index in [0.29, 0.717) is 50.2 Å². The summed E-state index contributed by atoms with van der Waals surface area (Å²) in [5, 5.41) is 7.04. The van der Waals surface area contributed by atoms with Crippen molar-refractivity contribution < 1.29 is 17.2 Å². The van der Waals surface area contributed by atoms with Gasteiger partial charge in [-0.3, -0.25) is 0 Å². The molecule has 0 spiro atoms. The Morgan fingerprint density at radius 3 is 2.33 bits per heavy atom. The molecule has 3 aliphatic rings. The fraction of sp³-hybridized carbons (Fsp3) is 0.462. The molecule has 2 saturated heterocycles. The highest BCUT2D eigenvalue weighted by Crippen LogP contribution is 2.56. The highest BCUT2D eigenvalue weighted by atomic mass is 32.2. The Morgan fingerprint density at radius 2 is 1.67 bits per heavy atom. The van der Waals surface area contributed by atoms with E-state index < -0.39 is 26.9 Å². The van der Waals surface area contributed by atoms with Gasteiger partial charge in [-0.25, -0.2) is 17.2 Å². The summed E-state index contributed by atoms with van der Waals surface area (Å²) >= 11 is 0. The van der Waals surface area contributed by atoms with E-state index in [1.807, 2.05) is 46.7 Å². The quantitative estimate of drug-likeness (QED) is 0.491. The highest BCUT2D eigenvalue weighted by Gasteiger charge is 2.57. The summed E-state index contributed by atoms with van der Waals surface area (Å²) in [5.41, 5.74) is 1.04. The minimum absolute atomic E-state index is 0.0682. The van der Waals surface area contributed by atoms with Crippen LogP contribution in [-0.2, 0) is 16.6 Å². The van der Waals surface area contributed by atoms with Gasteiger partial charge in [-0.2, -0.15) is 4.31 Å². The largest absolute Gasteiger partial charge is 0.368 e. The SMILES string of the molecule is CC[C@H]1CC[C@H](c2ccccc2)S(=O)(=O)N1Cc1cc(F)c(N2C[C@@H]3C(n4cnnc4)[C@@H]3C2)cc1F. The van der Waals surface area contributed by atoms with Crippen molar-refractivity contribution in [2.75, 3.05) is 18.0 Å². The van der Waals surface area contributed by atoms with Crippen molar-refractivity contribution in [3.05, 3.63) is 77.9 Å². The molecule has 1 aromatic heterocycles. The number of hydrogen-bond donors (Lipinski definition) is 0. The van der Waals surface area contributed by atoms with E-state index in [4.69, 9.17) is 0 Å². The zero-order valence-electron chi connectivity index (χ0n) is 20.0. The molecule has 3 fully saturated rings. The zero-order valence-corrected chi connectivity index (χ0v) is 20.9. The number of fused-ring (bicyclic) bond motifs is 1. The number of nitrogens with zero attached hydrogens (tertiary/aromatic N) is 5. The van der Waals surface area contributed by atoms with Gasteiger partial charge in [0.15, 0.2) is 0 Å². The average Bonchev–Trinajstić information content (AvgIpc) is 3.24. The van der Waals surface area contributed by atoms with Gasteiger partial charge >= 0.3 is 0 Å². The third kappa shape index (κ3) is 3.91. The molecule has 0 bridgehead atoms. The molecule has 190 valence electrons. The Kier molecular flexibility index (Phi) is 5.83. The van der Waals surface area contributed by atoms with Gasteiger partial charge in [0.25, 0.3) is 0 Å². The molecule has 0 radical (unpaired) electrons. The number of benzene rings is 2. The molecule has 0 N–H and O–H groups in total. The van der Waals surface area contributed by atoms with Crippen molar-refractivity contribution in [1.82, 2.24) is 19.1 Å². The summed E-state index contributed by atoms with van der Waals surface area (Å²) in [4.78, 5) is 1.89. The van der Waals surface area contributed by atoms with Crippen LogP contribution >= 0.6 is 0 Å². The molecule has 2 aromatic carbocycles. The van der Waals surface area contributed by atoms with Gasteiger partial charge in [0.05, 0.1) is 5.69 Å². The van der Waals surface area contributed by atoms with Crippen molar-refractivity contribution in [3.8, 4) is 0 Å². The summed E-state index contributed by atoms with van der Waals surface area (Å²) < 4.78 is 61.2. The lowest BCUT2D eigenvalue weighted by Crippen LogP contribution is -2.46. The molecule has 1 saturated carbocycles. The minimum atomic E-state index is -3.74. The second kappa shape index (κ2) is 8.92. The maximum atomic E-state index is 15.3. The van der Waals surface area contributed by atoms with Crippen LogP contribution in [0.1, 0.15) is 48.6 Å². The van der Waals surface area contributed by atoms with Crippen LogP contribution in [0.2, 0.25) is 0 Å². The van der Waals surface area contributed by atoms with Gasteiger partial charge in [-0.15, -0.1) is 10.2 Å². The van der Waals surface area contributed by atoms with E-state index >= 15 is 8.78 Å². The minimum Gasteiger partial charge on any atom is -0.368 e. The predicted octanol–water partition coefficient (Wildman–Crippen LogP) is 4.31. The van der Waals surface area contributed by atoms with Crippen LogP contribution < -0.4 is 4.90 Å². The van der Waals surface area contributed by atoms with Crippen LogP contribution in [0.3, 0.4) is 0 Å². The molecule has 7 nitrogen and oxygen atoms in total. The molecule has 10 heteroatoms. The third-order valence-electron chi connectivity index (χ3n) is 8.21. The Balaban J connectivity index is 1.22. The fourth-order valence-electron chi connectivity index (χ4n) is 6.25. The Hall–Kier alpha value is -2.85. The summed E-state index contributed by atoms with van der Waals surface area (Å²) in [7, 11) is -3.74. The normalized spacial score (nSPS) is 29.3. The van der Waals surface area contributed by atoms with E-state index in [-0.39, 0.29) is 23.8 Å². The lowest BCUT2D eigenvalue weighted by Gasteiger charge is -2.39. The Bertz CT molecular complexity index is 1340. The Morgan fingerprint density at radius 1 is 0.972 bits per heavy atom. The lowest BCUT2D eigenvalue weighted by molar-refractivity contribution is 0.256. The third-order valence-corrected chi connectivity index (χ3v) is 10.5. The molecule has 1 aliphatic carbocycles. The molecular formula is C26H29F2N5O2S. The van der Waals surface area contributed by atoms with Gasteiger partial charge in [0.1, 0.15) is 29.5 Å². The molecular weight excluding hydrogens is 484 g/mol. The van der Waals surface area contributed by atoms with Gasteiger partial charge in [0.2, 0.25) is 10.0 Å². The summed E-state index contributed by atoms with van der Waals surface area (Å²) in [6.07, 6.45) is 5.21. The van der Waals surface area contributed by atoms with Crippen LogP contribution in [0.5, 0.6) is 0 Å². The number of aromatic nitrogens is 3. The topological polar surface area (TPSA) is 71.3 Å².